The molecule has 0 saturated heterocycles. The van der Waals surface area contributed by atoms with E-state index in [0.29, 0.717) is 11.4 Å². The largest absolute Gasteiger partial charge is 0.481 e. The first-order valence-electron chi connectivity index (χ1n) is 5.19. The molecule has 1 heterocycles. The fourth-order valence-corrected chi connectivity index (χ4v) is 2.06. The van der Waals surface area contributed by atoms with Crippen molar-refractivity contribution in [3.05, 3.63) is 22.4 Å². The minimum Gasteiger partial charge on any atom is -0.481 e. The second-order valence-corrected chi connectivity index (χ2v) is 4.36. The molecule has 0 fully saturated rings. The number of rotatable bonds is 6. The Kier molecular flexibility index (Phi) is 4.98. The van der Waals surface area contributed by atoms with Crippen molar-refractivity contribution in [3.8, 4) is 0 Å². The van der Waals surface area contributed by atoms with E-state index in [-0.39, 0.29) is 18.9 Å². The maximum atomic E-state index is 12.0. The summed E-state index contributed by atoms with van der Waals surface area (Å²) in [5.74, 6) is -0.946. The van der Waals surface area contributed by atoms with Crippen LogP contribution in [-0.4, -0.2) is 35.0 Å². The third kappa shape index (κ3) is 3.66. The van der Waals surface area contributed by atoms with Crippen molar-refractivity contribution in [3.63, 3.8) is 0 Å². The Bertz CT molecular complexity index is 348. The Hall–Kier alpha value is -1.36. The van der Waals surface area contributed by atoms with Crippen LogP contribution < -0.4 is 0 Å². The topological polar surface area (TPSA) is 57.6 Å². The van der Waals surface area contributed by atoms with Crippen LogP contribution >= 0.6 is 11.3 Å². The van der Waals surface area contributed by atoms with Gasteiger partial charge in [0.15, 0.2) is 0 Å². The molecule has 88 valence electrons. The van der Waals surface area contributed by atoms with Crippen LogP contribution in [0.1, 0.15) is 29.4 Å². The third-order valence-corrected chi connectivity index (χ3v) is 2.97. The lowest BCUT2D eigenvalue weighted by Crippen LogP contribution is -2.33. The molecule has 0 atom stereocenters. The molecule has 1 rings (SSSR count). The first-order chi connectivity index (χ1) is 7.65. The van der Waals surface area contributed by atoms with Gasteiger partial charge in [0.2, 0.25) is 0 Å². The van der Waals surface area contributed by atoms with E-state index in [2.05, 4.69) is 0 Å². The molecule has 1 aromatic rings. The molecular formula is C11H15NO3S. The molecule has 0 radical (unpaired) electrons. The maximum Gasteiger partial charge on any atom is 0.305 e. The molecular weight excluding hydrogens is 226 g/mol. The van der Waals surface area contributed by atoms with Crippen molar-refractivity contribution in [1.29, 1.82) is 0 Å². The highest BCUT2D eigenvalue weighted by atomic mass is 32.1. The number of hydrogen-bond acceptors (Lipinski definition) is 3. The minimum absolute atomic E-state index is 0.00286. The number of carbonyl (C=O) groups excluding carboxylic acids is 1. The Morgan fingerprint density at radius 2 is 2.19 bits per heavy atom. The lowest BCUT2D eigenvalue weighted by molar-refractivity contribution is -0.137. The summed E-state index contributed by atoms with van der Waals surface area (Å²) in [6.07, 6.45) is 0.827. The van der Waals surface area contributed by atoms with E-state index in [9.17, 15) is 9.59 Å². The summed E-state index contributed by atoms with van der Waals surface area (Å²) in [5, 5.41) is 10.4. The van der Waals surface area contributed by atoms with Gasteiger partial charge in [-0.2, -0.15) is 0 Å². The predicted molar refractivity (Wildman–Crippen MR) is 62.8 cm³/mol. The summed E-state index contributed by atoms with van der Waals surface area (Å²) in [7, 11) is 0. The fraction of sp³-hybridized carbons (Fsp3) is 0.455. The van der Waals surface area contributed by atoms with Gasteiger partial charge in [0.1, 0.15) is 0 Å². The van der Waals surface area contributed by atoms with Crippen LogP contribution in [0.5, 0.6) is 0 Å². The van der Waals surface area contributed by atoms with Crippen LogP contribution in [0.15, 0.2) is 17.5 Å². The second-order valence-electron chi connectivity index (χ2n) is 3.41. The summed E-state index contributed by atoms with van der Waals surface area (Å²) in [6.45, 7) is 2.85. The molecule has 0 bridgehead atoms. The lowest BCUT2D eigenvalue weighted by atomic mass is 10.3. The molecule has 0 aliphatic rings. The fourth-order valence-electron chi connectivity index (χ4n) is 1.37. The molecule has 0 aliphatic carbocycles. The molecule has 5 heteroatoms. The zero-order valence-corrected chi connectivity index (χ0v) is 10.00. The Morgan fingerprint density at radius 1 is 1.44 bits per heavy atom. The van der Waals surface area contributed by atoms with Crippen molar-refractivity contribution in [2.75, 3.05) is 13.1 Å². The van der Waals surface area contributed by atoms with Crippen LogP contribution in [-0.2, 0) is 4.79 Å². The quantitative estimate of drug-likeness (QED) is 0.829. The van der Waals surface area contributed by atoms with Gasteiger partial charge in [-0.3, -0.25) is 9.59 Å². The molecule has 4 nitrogen and oxygen atoms in total. The SMILES string of the molecule is CCCN(CCC(=O)O)C(=O)c1cccs1. The second kappa shape index (κ2) is 6.27. The summed E-state index contributed by atoms with van der Waals surface area (Å²) < 4.78 is 0. The van der Waals surface area contributed by atoms with Gasteiger partial charge in [0.25, 0.3) is 5.91 Å². The van der Waals surface area contributed by atoms with Gasteiger partial charge < -0.3 is 10.0 Å². The molecule has 1 N–H and O–H groups in total. The van der Waals surface area contributed by atoms with Crippen LogP contribution in [0, 0.1) is 0 Å². The highest BCUT2D eigenvalue weighted by molar-refractivity contribution is 7.12. The molecule has 0 aliphatic heterocycles. The molecule has 1 amide bonds. The van der Waals surface area contributed by atoms with Crippen molar-refractivity contribution in [1.82, 2.24) is 4.90 Å². The minimum atomic E-state index is -0.875. The zero-order valence-electron chi connectivity index (χ0n) is 9.18. The summed E-state index contributed by atoms with van der Waals surface area (Å²) in [5.41, 5.74) is 0. The van der Waals surface area contributed by atoms with Gasteiger partial charge in [-0.05, 0) is 17.9 Å². The molecule has 0 saturated carbocycles. The third-order valence-electron chi connectivity index (χ3n) is 2.11. The van der Waals surface area contributed by atoms with Crippen molar-refractivity contribution in [2.24, 2.45) is 0 Å². The first kappa shape index (κ1) is 12.7. The van der Waals surface area contributed by atoms with Crippen molar-refractivity contribution in [2.45, 2.75) is 19.8 Å². The van der Waals surface area contributed by atoms with Crippen LogP contribution in [0.25, 0.3) is 0 Å². The normalized spacial score (nSPS) is 10.1. The highest BCUT2D eigenvalue weighted by Crippen LogP contribution is 2.12. The van der Waals surface area contributed by atoms with Crippen LogP contribution in [0.4, 0.5) is 0 Å². The van der Waals surface area contributed by atoms with E-state index < -0.39 is 5.97 Å². The Morgan fingerprint density at radius 3 is 2.69 bits per heavy atom. The van der Waals surface area contributed by atoms with Gasteiger partial charge in [-0.15, -0.1) is 11.3 Å². The van der Waals surface area contributed by atoms with E-state index >= 15 is 0 Å². The number of nitrogens with zero attached hydrogens (tertiary/aromatic N) is 1. The smallest absolute Gasteiger partial charge is 0.305 e. The first-order valence-corrected chi connectivity index (χ1v) is 6.07. The van der Waals surface area contributed by atoms with Gasteiger partial charge >= 0.3 is 5.97 Å². The number of thiophene rings is 1. The van der Waals surface area contributed by atoms with Gasteiger partial charge in [-0.1, -0.05) is 13.0 Å². The van der Waals surface area contributed by atoms with Crippen molar-refractivity contribution < 1.29 is 14.7 Å². The van der Waals surface area contributed by atoms with Crippen molar-refractivity contribution >= 4 is 23.2 Å². The van der Waals surface area contributed by atoms with E-state index in [1.165, 1.54) is 11.3 Å². The van der Waals surface area contributed by atoms with Gasteiger partial charge in [0, 0.05) is 13.1 Å². The number of carbonyl (C=O) groups is 2. The van der Waals surface area contributed by atoms with E-state index in [0.717, 1.165) is 6.42 Å². The van der Waals surface area contributed by atoms with Crippen LogP contribution in [0.3, 0.4) is 0 Å². The van der Waals surface area contributed by atoms with Crippen LogP contribution in [0.2, 0.25) is 0 Å². The standard InChI is InChI=1S/C11H15NO3S/c1-2-6-12(7-5-10(13)14)11(15)9-4-3-8-16-9/h3-4,8H,2,5-7H2,1H3,(H,13,14). The Balaban J connectivity index is 2.62. The Labute approximate surface area is 98.5 Å². The highest BCUT2D eigenvalue weighted by Gasteiger charge is 2.16. The molecule has 1 aromatic heterocycles. The lowest BCUT2D eigenvalue weighted by Gasteiger charge is -2.20. The average molecular weight is 241 g/mol. The maximum absolute atomic E-state index is 12.0. The summed E-state index contributed by atoms with van der Waals surface area (Å²) in [6, 6.07) is 3.58. The monoisotopic (exact) mass is 241 g/mol. The number of carboxylic acid groups (broad SMARTS) is 1. The molecule has 0 aromatic carbocycles. The molecule has 0 spiro atoms. The number of aliphatic carboxylic acids is 1. The van der Waals surface area contributed by atoms with Gasteiger partial charge in [0.05, 0.1) is 11.3 Å². The van der Waals surface area contributed by atoms with E-state index in [1.54, 1.807) is 11.0 Å². The van der Waals surface area contributed by atoms with Gasteiger partial charge in [-0.25, -0.2) is 0 Å². The summed E-state index contributed by atoms with van der Waals surface area (Å²) in [4.78, 5) is 24.7. The number of amides is 1. The van der Waals surface area contributed by atoms with E-state index in [1.807, 2.05) is 18.4 Å². The molecule has 16 heavy (non-hydrogen) atoms. The van der Waals surface area contributed by atoms with E-state index in [4.69, 9.17) is 5.11 Å². The average Bonchev–Trinajstić information content (AvgIpc) is 2.76. The zero-order chi connectivity index (χ0) is 12.0. The number of hydrogen-bond donors (Lipinski definition) is 1. The number of carboxylic acids is 1. The molecule has 0 unspecified atom stereocenters. The predicted octanol–water partition coefficient (Wildman–Crippen LogP) is 2.08. The summed E-state index contributed by atoms with van der Waals surface area (Å²) >= 11 is 1.38.